The Morgan fingerprint density at radius 1 is 1.00 bits per heavy atom. The van der Waals surface area contributed by atoms with Gasteiger partial charge in [-0.15, -0.1) is 0 Å². The van der Waals surface area contributed by atoms with E-state index in [4.69, 9.17) is 0 Å². The molecule has 0 bridgehead atoms. The highest BCUT2D eigenvalue weighted by Gasteiger charge is 2.41. The molecule has 8 heteroatoms. The lowest BCUT2D eigenvalue weighted by atomic mass is 9.81. The second-order valence-corrected chi connectivity index (χ2v) is 8.00. The molecule has 5 rings (SSSR count). The van der Waals surface area contributed by atoms with Crippen LogP contribution in [0.1, 0.15) is 44.7 Å². The van der Waals surface area contributed by atoms with Gasteiger partial charge >= 0.3 is 0 Å². The van der Waals surface area contributed by atoms with Crippen LogP contribution < -0.4 is 5.43 Å². The van der Waals surface area contributed by atoms with Crippen molar-refractivity contribution in [3.8, 4) is 5.75 Å². The van der Waals surface area contributed by atoms with Gasteiger partial charge in [-0.05, 0) is 47.2 Å². The first-order valence-corrected chi connectivity index (χ1v) is 9.99. The SMILES string of the molecule is CN1CC(C2c3cccc(F)c3CCc3c(F)cccc32)n2ncc(=O)c(O)c2C1=O. The normalized spacial score (nSPS) is 18.2. The highest BCUT2D eigenvalue weighted by molar-refractivity contribution is 5.95. The summed E-state index contributed by atoms with van der Waals surface area (Å²) in [5.74, 6) is -2.49. The number of halogens is 2. The topological polar surface area (TPSA) is 75.4 Å². The van der Waals surface area contributed by atoms with E-state index in [1.165, 1.54) is 21.7 Å². The van der Waals surface area contributed by atoms with Crippen molar-refractivity contribution < 1.29 is 18.7 Å². The molecule has 2 aromatic carbocycles. The molecule has 0 saturated heterocycles. The molecule has 1 aromatic heterocycles. The molecule has 0 radical (unpaired) electrons. The Hall–Kier alpha value is -3.55. The largest absolute Gasteiger partial charge is 0.502 e. The van der Waals surface area contributed by atoms with E-state index in [2.05, 4.69) is 5.10 Å². The van der Waals surface area contributed by atoms with Crippen molar-refractivity contribution in [2.75, 3.05) is 13.6 Å². The number of fused-ring (bicyclic) bond motifs is 3. The van der Waals surface area contributed by atoms with E-state index in [9.17, 15) is 23.5 Å². The zero-order valence-corrected chi connectivity index (χ0v) is 16.7. The van der Waals surface area contributed by atoms with Crippen molar-refractivity contribution in [3.63, 3.8) is 0 Å². The molecule has 1 aliphatic carbocycles. The summed E-state index contributed by atoms with van der Waals surface area (Å²) in [4.78, 5) is 26.1. The third kappa shape index (κ3) is 2.85. The summed E-state index contributed by atoms with van der Waals surface area (Å²) in [6.45, 7) is 0.192. The lowest BCUT2D eigenvalue weighted by Gasteiger charge is -2.38. The van der Waals surface area contributed by atoms with Gasteiger partial charge in [0.2, 0.25) is 5.43 Å². The molecule has 3 aromatic rings. The minimum atomic E-state index is -0.757. The number of carbonyl (C=O) groups excluding carboxylic acids is 1. The number of rotatable bonds is 1. The summed E-state index contributed by atoms with van der Waals surface area (Å²) in [7, 11) is 1.56. The summed E-state index contributed by atoms with van der Waals surface area (Å²) < 4.78 is 30.9. The Morgan fingerprint density at radius 2 is 1.58 bits per heavy atom. The van der Waals surface area contributed by atoms with Gasteiger partial charge in [0.05, 0.1) is 12.2 Å². The van der Waals surface area contributed by atoms with Crippen LogP contribution in [0.3, 0.4) is 0 Å². The van der Waals surface area contributed by atoms with E-state index in [-0.39, 0.29) is 23.9 Å². The molecule has 1 unspecified atom stereocenters. The third-order valence-corrected chi connectivity index (χ3v) is 6.30. The maximum absolute atomic E-state index is 14.8. The van der Waals surface area contributed by atoms with Gasteiger partial charge in [-0.1, -0.05) is 24.3 Å². The predicted molar refractivity (Wildman–Crippen MR) is 108 cm³/mol. The van der Waals surface area contributed by atoms with Crippen LogP contribution in [0.5, 0.6) is 5.75 Å². The summed E-state index contributed by atoms with van der Waals surface area (Å²) in [5, 5.41) is 14.5. The van der Waals surface area contributed by atoms with Crippen LogP contribution in [0.2, 0.25) is 0 Å². The van der Waals surface area contributed by atoms with Crippen molar-refractivity contribution in [2.45, 2.75) is 24.8 Å². The van der Waals surface area contributed by atoms with E-state index >= 15 is 0 Å². The molecule has 0 spiro atoms. The summed E-state index contributed by atoms with van der Waals surface area (Å²) >= 11 is 0. The Morgan fingerprint density at radius 3 is 2.16 bits per heavy atom. The number of aromatic hydroxyl groups is 1. The van der Waals surface area contributed by atoms with E-state index < -0.39 is 29.0 Å². The van der Waals surface area contributed by atoms with E-state index in [1.54, 1.807) is 19.2 Å². The number of benzene rings is 2. The molecule has 1 aliphatic heterocycles. The number of nitrogens with zero attached hydrogens (tertiary/aromatic N) is 3. The van der Waals surface area contributed by atoms with Crippen LogP contribution in [0.25, 0.3) is 0 Å². The van der Waals surface area contributed by atoms with Gasteiger partial charge in [-0.3, -0.25) is 14.3 Å². The van der Waals surface area contributed by atoms with Gasteiger partial charge in [0, 0.05) is 19.5 Å². The Bertz CT molecular complexity index is 1230. The van der Waals surface area contributed by atoms with Crippen molar-refractivity contribution in [1.82, 2.24) is 14.7 Å². The van der Waals surface area contributed by atoms with Crippen molar-refractivity contribution >= 4 is 5.91 Å². The van der Waals surface area contributed by atoms with Crippen LogP contribution in [-0.2, 0) is 12.8 Å². The fraction of sp³-hybridized carbons (Fsp3) is 0.261. The second-order valence-electron chi connectivity index (χ2n) is 8.00. The lowest BCUT2D eigenvalue weighted by Crippen LogP contribution is -2.45. The first kappa shape index (κ1) is 19.4. The molecule has 2 aliphatic rings. The van der Waals surface area contributed by atoms with Crippen molar-refractivity contribution in [1.29, 1.82) is 0 Å². The minimum absolute atomic E-state index is 0.192. The van der Waals surface area contributed by atoms with Crippen LogP contribution in [0.15, 0.2) is 47.4 Å². The first-order chi connectivity index (χ1) is 14.9. The van der Waals surface area contributed by atoms with Gasteiger partial charge in [0.25, 0.3) is 5.91 Å². The maximum Gasteiger partial charge on any atom is 0.275 e. The average molecular weight is 423 g/mol. The van der Waals surface area contributed by atoms with Crippen LogP contribution in [-0.4, -0.2) is 39.3 Å². The lowest BCUT2D eigenvalue weighted by molar-refractivity contribution is 0.0686. The Balaban J connectivity index is 1.82. The average Bonchev–Trinajstić information content (AvgIpc) is 2.91. The summed E-state index contributed by atoms with van der Waals surface area (Å²) in [6.07, 6.45) is 1.63. The highest BCUT2D eigenvalue weighted by atomic mass is 19.1. The molecule has 1 N–H and O–H groups in total. The number of hydrogen-bond acceptors (Lipinski definition) is 4. The number of aromatic nitrogens is 2. The van der Waals surface area contributed by atoms with Gasteiger partial charge in [0.15, 0.2) is 11.4 Å². The summed E-state index contributed by atoms with van der Waals surface area (Å²) in [6, 6.07) is 9.02. The van der Waals surface area contributed by atoms with Crippen LogP contribution in [0, 0.1) is 11.6 Å². The summed E-state index contributed by atoms with van der Waals surface area (Å²) in [5.41, 5.74) is 1.38. The van der Waals surface area contributed by atoms with E-state index in [1.807, 2.05) is 12.1 Å². The van der Waals surface area contributed by atoms with Crippen molar-refractivity contribution in [2.24, 2.45) is 0 Å². The first-order valence-electron chi connectivity index (χ1n) is 9.99. The molecule has 2 heterocycles. The quantitative estimate of drug-likeness (QED) is 0.653. The van der Waals surface area contributed by atoms with Gasteiger partial charge in [-0.25, -0.2) is 8.78 Å². The molecule has 158 valence electrons. The molecule has 1 atom stereocenters. The van der Waals surface area contributed by atoms with E-state index in [0.717, 1.165) is 6.20 Å². The highest BCUT2D eigenvalue weighted by Crippen LogP contribution is 2.44. The fourth-order valence-corrected chi connectivity index (χ4v) is 4.87. The number of likely N-dealkylation sites (N-methyl/N-ethyl adjacent to an activating group) is 1. The predicted octanol–water partition coefficient (Wildman–Crippen LogP) is 2.78. The molecular weight excluding hydrogens is 404 g/mol. The Labute approximate surface area is 176 Å². The number of amides is 1. The number of carbonyl (C=O) groups is 1. The number of hydrogen-bond donors (Lipinski definition) is 1. The molecule has 6 nitrogen and oxygen atoms in total. The molecule has 1 amide bonds. The van der Waals surface area contributed by atoms with Crippen LogP contribution in [0.4, 0.5) is 8.78 Å². The van der Waals surface area contributed by atoms with Gasteiger partial charge in [0.1, 0.15) is 11.6 Å². The molecular formula is C23H19F2N3O3. The minimum Gasteiger partial charge on any atom is -0.502 e. The van der Waals surface area contributed by atoms with Crippen molar-refractivity contribution in [3.05, 3.63) is 92.4 Å². The molecule has 0 fully saturated rings. The monoisotopic (exact) mass is 423 g/mol. The van der Waals surface area contributed by atoms with E-state index in [0.29, 0.717) is 35.1 Å². The second kappa shape index (κ2) is 7.01. The third-order valence-electron chi connectivity index (χ3n) is 6.30. The zero-order valence-electron chi connectivity index (χ0n) is 16.7. The van der Waals surface area contributed by atoms with Gasteiger partial charge < -0.3 is 10.0 Å². The Kier molecular flexibility index (Phi) is 4.39. The molecule has 31 heavy (non-hydrogen) atoms. The zero-order chi connectivity index (χ0) is 21.9. The smallest absolute Gasteiger partial charge is 0.275 e. The maximum atomic E-state index is 14.8. The van der Waals surface area contributed by atoms with Crippen LogP contribution >= 0.6 is 0 Å². The van der Waals surface area contributed by atoms with Gasteiger partial charge in [-0.2, -0.15) is 5.10 Å². The molecule has 0 saturated carbocycles. The standard InChI is InChI=1S/C23H19F2N3O3/c1-27-11-18(28-21(23(27)31)22(30)19(29)10-26-28)20-14-4-2-6-16(24)12(14)8-9-13-15(20)5-3-7-17(13)25/h2-7,10,18,20,30H,8-9,11H2,1H3. The fourth-order valence-electron chi connectivity index (χ4n) is 4.87.